The van der Waals surface area contributed by atoms with Crippen LogP contribution in [0.1, 0.15) is 49.4 Å². The molecule has 0 amide bonds. The van der Waals surface area contributed by atoms with E-state index in [1.807, 2.05) is 6.07 Å². The van der Waals surface area contributed by atoms with Crippen molar-refractivity contribution in [2.75, 3.05) is 0 Å². The number of aromatic hydroxyl groups is 2. The molecule has 0 bridgehead atoms. The highest BCUT2D eigenvalue weighted by atomic mass is 79.9. The normalized spacial score (nSPS) is 12.6. The van der Waals surface area contributed by atoms with Gasteiger partial charge in [0.05, 0.1) is 0 Å². The van der Waals surface area contributed by atoms with Gasteiger partial charge in [0.15, 0.2) is 11.5 Å². The lowest BCUT2D eigenvalue weighted by Crippen LogP contribution is -1.91. The van der Waals surface area contributed by atoms with Gasteiger partial charge in [0.25, 0.3) is 0 Å². The summed E-state index contributed by atoms with van der Waals surface area (Å²) in [6, 6.07) is 5.09. The third kappa shape index (κ3) is 3.71. The fraction of sp³-hybridized carbons (Fsp3) is 0.538. The number of hydrogen-bond donors (Lipinski definition) is 2. The molecule has 0 saturated heterocycles. The largest absolute Gasteiger partial charge is 0.504 e. The highest BCUT2D eigenvalue weighted by Gasteiger charge is 2.13. The number of halogens is 1. The summed E-state index contributed by atoms with van der Waals surface area (Å²) in [5, 5.41) is 19.1. The minimum atomic E-state index is -0.0458. The van der Waals surface area contributed by atoms with Crippen molar-refractivity contribution in [3.63, 3.8) is 0 Å². The monoisotopic (exact) mass is 286 g/mol. The minimum absolute atomic E-state index is 0.000124. The molecule has 0 saturated carbocycles. The summed E-state index contributed by atoms with van der Waals surface area (Å²) in [6.45, 7) is 2.19. The minimum Gasteiger partial charge on any atom is -0.504 e. The number of rotatable bonds is 6. The Bertz CT molecular complexity index is 326. The van der Waals surface area contributed by atoms with Gasteiger partial charge < -0.3 is 10.2 Å². The van der Waals surface area contributed by atoms with Crippen LogP contribution >= 0.6 is 15.9 Å². The second kappa shape index (κ2) is 6.79. The molecular formula is C13H19BrO2. The first-order valence-corrected chi connectivity index (χ1v) is 6.73. The number of para-hydroxylation sites is 1. The second-order valence-corrected chi connectivity index (χ2v) is 5.14. The average Bonchev–Trinajstić information content (AvgIpc) is 2.28. The van der Waals surface area contributed by atoms with E-state index in [2.05, 4.69) is 22.9 Å². The van der Waals surface area contributed by atoms with Crippen LogP contribution in [0.25, 0.3) is 0 Å². The molecule has 2 nitrogen and oxygen atoms in total. The summed E-state index contributed by atoms with van der Waals surface area (Å²) in [6.07, 6.45) is 5.82. The molecule has 1 unspecified atom stereocenters. The van der Waals surface area contributed by atoms with E-state index in [0.717, 1.165) is 18.4 Å². The number of benzene rings is 1. The van der Waals surface area contributed by atoms with E-state index in [1.165, 1.54) is 25.3 Å². The number of hydrogen-bond acceptors (Lipinski definition) is 2. The number of phenols is 2. The molecule has 0 fully saturated rings. The van der Waals surface area contributed by atoms with Crippen molar-refractivity contribution in [3.8, 4) is 11.5 Å². The predicted octanol–water partition coefficient (Wildman–Crippen LogP) is 4.50. The summed E-state index contributed by atoms with van der Waals surface area (Å²) in [7, 11) is 0. The molecule has 0 aliphatic heterocycles. The summed E-state index contributed by atoms with van der Waals surface area (Å²) in [5.41, 5.74) is 0.775. The van der Waals surface area contributed by atoms with Gasteiger partial charge in [-0.2, -0.15) is 0 Å². The zero-order valence-corrected chi connectivity index (χ0v) is 11.2. The van der Waals surface area contributed by atoms with Crippen molar-refractivity contribution in [2.45, 2.75) is 43.9 Å². The predicted molar refractivity (Wildman–Crippen MR) is 70.2 cm³/mol. The van der Waals surface area contributed by atoms with Gasteiger partial charge in [0.1, 0.15) is 0 Å². The van der Waals surface area contributed by atoms with Crippen LogP contribution in [-0.4, -0.2) is 10.2 Å². The van der Waals surface area contributed by atoms with Gasteiger partial charge in [-0.25, -0.2) is 0 Å². The maximum atomic E-state index is 9.69. The van der Waals surface area contributed by atoms with Crippen LogP contribution in [0.15, 0.2) is 18.2 Å². The summed E-state index contributed by atoms with van der Waals surface area (Å²) in [5.74, 6) is -0.0459. The first kappa shape index (κ1) is 13.4. The molecule has 3 heteroatoms. The zero-order valence-electron chi connectivity index (χ0n) is 9.62. The molecule has 16 heavy (non-hydrogen) atoms. The third-order valence-corrected chi connectivity index (χ3v) is 3.65. The highest BCUT2D eigenvalue weighted by Crippen LogP contribution is 2.38. The van der Waals surface area contributed by atoms with Gasteiger partial charge in [-0.1, -0.05) is 60.7 Å². The Labute approximate surface area is 105 Å². The number of unbranched alkanes of at least 4 members (excludes halogenated alkanes) is 3. The number of alkyl halides is 1. The molecule has 1 atom stereocenters. The summed E-state index contributed by atoms with van der Waals surface area (Å²) < 4.78 is 0. The Hall–Kier alpha value is -0.700. The average molecular weight is 287 g/mol. The molecule has 0 aromatic heterocycles. The molecule has 1 rings (SSSR count). The van der Waals surface area contributed by atoms with Gasteiger partial charge in [0.2, 0.25) is 0 Å². The smallest absolute Gasteiger partial charge is 0.161 e. The Balaban J connectivity index is 2.52. The van der Waals surface area contributed by atoms with Crippen molar-refractivity contribution in [3.05, 3.63) is 23.8 Å². The SMILES string of the molecule is CCCCCCC(Br)c1cccc(O)c1O. The Morgan fingerprint density at radius 1 is 1.19 bits per heavy atom. The molecular weight excluding hydrogens is 268 g/mol. The second-order valence-electron chi connectivity index (χ2n) is 4.03. The fourth-order valence-corrected chi connectivity index (χ4v) is 2.40. The van der Waals surface area contributed by atoms with Crippen LogP contribution < -0.4 is 0 Å². The van der Waals surface area contributed by atoms with Crippen molar-refractivity contribution < 1.29 is 10.2 Å². The zero-order chi connectivity index (χ0) is 12.0. The highest BCUT2D eigenvalue weighted by molar-refractivity contribution is 9.09. The Morgan fingerprint density at radius 3 is 2.62 bits per heavy atom. The molecule has 0 aliphatic carbocycles. The van der Waals surface area contributed by atoms with E-state index >= 15 is 0 Å². The molecule has 0 aliphatic rings. The van der Waals surface area contributed by atoms with Crippen molar-refractivity contribution in [2.24, 2.45) is 0 Å². The van der Waals surface area contributed by atoms with Crippen LogP contribution in [0.4, 0.5) is 0 Å². The van der Waals surface area contributed by atoms with Gasteiger partial charge in [-0.05, 0) is 12.5 Å². The molecule has 0 spiro atoms. The van der Waals surface area contributed by atoms with Crippen LogP contribution in [0.2, 0.25) is 0 Å². The van der Waals surface area contributed by atoms with E-state index < -0.39 is 0 Å². The van der Waals surface area contributed by atoms with Gasteiger partial charge in [0, 0.05) is 10.4 Å². The van der Waals surface area contributed by atoms with Crippen LogP contribution in [0.5, 0.6) is 11.5 Å². The van der Waals surface area contributed by atoms with Gasteiger partial charge >= 0.3 is 0 Å². The van der Waals surface area contributed by atoms with Crippen LogP contribution in [0.3, 0.4) is 0 Å². The first-order chi connectivity index (χ1) is 7.66. The van der Waals surface area contributed by atoms with Crippen molar-refractivity contribution in [1.29, 1.82) is 0 Å². The fourth-order valence-electron chi connectivity index (χ4n) is 1.71. The van der Waals surface area contributed by atoms with Crippen LogP contribution in [-0.2, 0) is 0 Å². The molecule has 0 radical (unpaired) electrons. The maximum Gasteiger partial charge on any atom is 0.161 e. The van der Waals surface area contributed by atoms with E-state index in [4.69, 9.17) is 0 Å². The van der Waals surface area contributed by atoms with E-state index in [9.17, 15) is 10.2 Å². The lowest BCUT2D eigenvalue weighted by Gasteiger charge is -2.12. The van der Waals surface area contributed by atoms with Gasteiger partial charge in [-0.3, -0.25) is 0 Å². The summed E-state index contributed by atoms with van der Waals surface area (Å²) in [4.78, 5) is 0.122. The van der Waals surface area contributed by atoms with Crippen LogP contribution in [0, 0.1) is 0 Å². The maximum absolute atomic E-state index is 9.69. The lowest BCUT2D eigenvalue weighted by atomic mass is 10.0. The van der Waals surface area contributed by atoms with E-state index in [1.54, 1.807) is 6.07 Å². The van der Waals surface area contributed by atoms with E-state index in [-0.39, 0.29) is 16.3 Å². The van der Waals surface area contributed by atoms with Crippen molar-refractivity contribution in [1.82, 2.24) is 0 Å². The van der Waals surface area contributed by atoms with E-state index in [0.29, 0.717) is 0 Å². The Kier molecular flexibility index (Phi) is 5.67. The molecule has 1 aromatic rings. The molecule has 90 valence electrons. The topological polar surface area (TPSA) is 40.5 Å². The van der Waals surface area contributed by atoms with Crippen molar-refractivity contribution >= 4 is 15.9 Å². The molecule has 1 aromatic carbocycles. The Morgan fingerprint density at radius 2 is 1.94 bits per heavy atom. The molecule has 0 heterocycles. The quantitative estimate of drug-likeness (QED) is 0.459. The summed E-state index contributed by atoms with van der Waals surface area (Å²) >= 11 is 3.55. The number of phenolic OH excluding ortho intramolecular Hbond substituents is 2. The standard InChI is InChI=1S/C13H19BrO2/c1-2-3-4-5-8-11(14)10-7-6-9-12(15)13(10)16/h6-7,9,11,15-16H,2-5,8H2,1H3. The first-order valence-electron chi connectivity index (χ1n) is 5.81. The lowest BCUT2D eigenvalue weighted by molar-refractivity contribution is 0.398. The van der Waals surface area contributed by atoms with Gasteiger partial charge in [-0.15, -0.1) is 0 Å². The third-order valence-electron chi connectivity index (χ3n) is 2.69. The molecule has 2 N–H and O–H groups in total.